The van der Waals surface area contributed by atoms with Crippen molar-refractivity contribution >= 4 is 15.8 Å². The van der Waals surface area contributed by atoms with Gasteiger partial charge in [0.05, 0.1) is 6.10 Å². The maximum absolute atomic E-state index is 13.3. The van der Waals surface area contributed by atoms with Gasteiger partial charge in [-0.3, -0.25) is 4.79 Å². The van der Waals surface area contributed by atoms with Gasteiger partial charge in [0, 0.05) is 6.07 Å². The molecule has 100 valence electrons. The van der Waals surface area contributed by atoms with E-state index in [9.17, 15) is 22.0 Å². The lowest BCUT2D eigenvalue weighted by Gasteiger charge is -2.08. The van der Waals surface area contributed by atoms with Crippen molar-refractivity contribution in [2.24, 2.45) is 0 Å². The van der Waals surface area contributed by atoms with Crippen molar-refractivity contribution in [2.75, 3.05) is 5.75 Å². The molecule has 0 atom stereocenters. The Kier molecular flexibility index (Phi) is 4.39. The van der Waals surface area contributed by atoms with E-state index in [1.54, 1.807) is 13.8 Å². The molecule has 0 aliphatic rings. The molecule has 1 aromatic rings. The molecule has 0 aliphatic heterocycles. The number of benzene rings is 1. The fraction of sp³-hybridized carbons (Fsp3) is 0.364. The third-order valence-electron chi connectivity index (χ3n) is 1.90. The zero-order chi connectivity index (χ0) is 13.9. The normalized spacial score (nSPS) is 11.6. The number of carbonyl (C=O) groups is 1. The second kappa shape index (κ2) is 5.43. The van der Waals surface area contributed by atoms with Crippen molar-refractivity contribution in [1.82, 2.24) is 0 Å². The molecule has 0 spiro atoms. The third kappa shape index (κ3) is 3.76. The fourth-order valence-electron chi connectivity index (χ4n) is 1.26. The summed E-state index contributed by atoms with van der Waals surface area (Å²) in [6.07, 6.45) is -0.467. The summed E-state index contributed by atoms with van der Waals surface area (Å²) in [5, 5.41) is 0. The summed E-state index contributed by atoms with van der Waals surface area (Å²) in [6.45, 7) is 3.12. The van der Waals surface area contributed by atoms with Crippen LogP contribution in [0.5, 0.6) is 0 Å². The van der Waals surface area contributed by atoms with Crippen LogP contribution in [0, 0.1) is 11.6 Å². The second-order valence-electron chi connectivity index (χ2n) is 3.87. The van der Waals surface area contributed by atoms with Gasteiger partial charge < -0.3 is 4.74 Å². The Morgan fingerprint density at radius 2 is 1.94 bits per heavy atom. The van der Waals surface area contributed by atoms with Crippen LogP contribution in [0.3, 0.4) is 0 Å². The minimum atomic E-state index is -4.17. The molecule has 0 aromatic heterocycles. The first-order valence-electron chi connectivity index (χ1n) is 5.09. The maximum atomic E-state index is 13.3. The third-order valence-corrected chi connectivity index (χ3v) is 3.52. The highest BCUT2D eigenvalue weighted by Gasteiger charge is 2.24. The van der Waals surface area contributed by atoms with Gasteiger partial charge in [-0.05, 0) is 26.0 Å². The van der Waals surface area contributed by atoms with Crippen LogP contribution in [0.15, 0.2) is 23.1 Å². The lowest BCUT2D eigenvalue weighted by Crippen LogP contribution is -2.22. The molecule has 0 saturated heterocycles. The monoisotopic (exact) mass is 278 g/mol. The van der Waals surface area contributed by atoms with E-state index in [0.29, 0.717) is 6.07 Å². The first kappa shape index (κ1) is 14.6. The highest BCUT2D eigenvalue weighted by atomic mass is 32.2. The van der Waals surface area contributed by atoms with E-state index in [-0.39, 0.29) is 0 Å². The summed E-state index contributed by atoms with van der Waals surface area (Å²) in [5.74, 6) is -4.08. The number of halogens is 2. The summed E-state index contributed by atoms with van der Waals surface area (Å²) >= 11 is 0. The van der Waals surface area contributed by atoms with Gasteiger partial charge in [-0.15, -0.1) is 0 Å². The topological polar surface area (TPSA) is 60.4 Å². The Morgan fingerprint density at radius 1 is 1.33 bits per heavy atom. The molecule has 0 unspecified atom stereocenters. The molecule has 0 fully saturated rings. The second-order valence-corrected chi connectivity index (χ2v) is 5.83. The molecule has 0 N–H and O–H groups in total. The quantitative estimate of drug-likeness (QED) is 0.621. The Morgan fingerprint density at radius 3 is 2.44 bits per heavy atom. The number of sulfone groups is 1. The van der Waals surface area contributed by atoms with Crippen molar-refractivity contribution in [2.45, 2.75) is 24.8 Å². The molecule has 0 aliphatic carbocycles. The first-order valence-corrected chi connectivity index (χ1v) is 6.75. The predicted molar refractivity (Wildman–Crippen MR) is 59.6 cm³/mol. The molecule has 0 heterocycles. The van der Waals surface area contributed by atoms with Crippen molar-refractivity contribution < 1.29 is 26.7 Å². The van der Waals surface area contributed by atoms with Crippen LogP contribution >= 0.6 is 0 Å². The SMILES string of the molecule is CC(C)OC(=O)CS(=O)(=O)c1ccc(F)cc1F. The number of hydrogen-bond donors (Lipinski definition) is 0. The Bertz CT molecular complexity index is 552. The van der Waals surface area contributed by atoms with Crippen LogP contribution in [0.1, 0.15) is 13.8 Å². The largest absolute Gasteiger partial charge is 0.462 e. The molecule has 1 rings (SSSR count). The van der Waals surface area contributed by atoms with Crippen LogP contribution in [-0.2, 0) is 19.4 Å². The van der Waals surface area contributed by atoms with E-state index >= 15 is 0 Å². The fourth-order valence-corrected chi connectivity index (χ4v) is 2.42. The molecule has 0 radical (unpaired) electrons. The lowest BCUT2D eigenvalue weighted by molar-refractivity contribution is -0.144. The average molecular weight is 278 g/mol. The highest BCUT2D eigenvalue weighted by Crippen LogP contribution is 2.17. The molecule has 1 aromatic carbocycles. The average Bonchev–Trinajstić information content (AvgIpc) is 2.13. The van der Waals surface area contributed by atoms with E-state index < -0.39 is 44.2 Å². The summed E-state index contributed by atoms with van der Waals surface area (Å²) in [5.41, 5.74) is 0. The minimum absolute atomic E-state index is 0.445. The number of rotatable bonds is 4. The summed E-state index contributed by atoms with van der Waals surface area (Å²) < 4.78 is 54.0. The zero-order valence-corrected chi connectivity index (χ0v) is 10.6. The molecule has 0 bridgehead atoms. The van der Waals surface area contributed by atoms with Gasteiger partial charge in [-0.1, -0.05) is 0 Å². The zero-order valence-electron chi connectivity index (χ0n) is 9.81. The van der Waals surface area contributed by atoms with E-state index in [4.69, 9.17) is 0 Å². The standard InChI is InChI=1S/C11H12F2O4S/c1-7(2)17-11(14)6-18(15,16)10-4-3-8(12)5-9(10)13/h3-5,7H,6H2,1-2H3. The summed E-state index contributed by atoms with van der Waals surface area (Å²) in [7, 11) is -4.17. The Labute approximate surface area is 103 Å². The van der Waals surface area contributed by atoms with Gasteiger partial charge in [0.2, 0.25) is 0 Å². The van der Waals surface area contributed by atoms with Gasteiger partial charge in [0.25, 0.3) is 0 Å². The molecular weight excluding hydrogens is 266 g/mol. The number of esters is 1. The molecule has 0 amide bonds. The van der Waals surface area contributed by atoms with Crippen molar-refractivity contribution in [1.29, 1.82) is 0 Å². The molecular formula is C11H12F2O4S. The van der Waals surface area contributed by atoms with Gasteiger partial charge >= 0.3 is 5.97 Å². The molecule has 7 heteroatoms. The number of hydrogen-bond acceptors (Lipinski definition) is 4. The first-order chi connectivity index (χ1) is 8.22. The summed E-state index contributed by atoms with van der Waals surface area (Å²) in [4.78, 5) is 10.5. The van der Waals surface area contributed by atoms with Crippen molar-refractivity contribution in [3.8, 4) is 0 Å². The van der Waals surface area contributed by atoms with E-state index in [0.717, 1.165) is 12.1 Å². The van der Waals surface area contributed by atoms with Gasteiger partial charge in [0.15, 0.2) is 15.6 Å². The van der Waals surface area contributed by atoms with E-state index in [1.807, 2.05) is 0 Å². The number of carbonyl (C=O) groups excluding carboxylic acids is 1. The van der Waals surface area contributed by atoms with Gasteiger partial charge in [-0.2, -0.15) is 0 Å². The Hall–Kier alpha value is -1.50. The predicted octanol–water partition coefficient (Wildman–Crippen LogP) is 1.69. The van der Waals surface area contributed by atoms with Crippen LogP contribution < -0.4 is 0 Å². The van der Waals surface area contributed by atoms with Gasteiger partial charge in [-0.25, -0.2) is 17.2 Å². The smallest absolute Gasteiger partial charge is 0.321 e. The Balaban J connectivity index is 2.97. The van der Waals surface area contributed by atoms with E-state index in [2.05, 4.69) is 4.74 Å². The van der Waals surface area contributed by atoms with Crippen LogP contribution in [0.4, 0.5) is 8.78 Å². The van der Waals surface area contributed by atoms with Gasteiger partial charge in [0.1, 0.15) is 16.5 Å². The molecule has 0 saturated carbocycles. The number of ether oxygens (including phenoxy) is 1. The molecule has 18 heavy (non-hydrogen) atoms. The van der Waals surface area contributed by atoms with Crippen LogP contribution in [0.2, 0.25) is 0 Å². The summed E-state index contributed by atoms with van der Waals surface area (Å²) in [6, 6.07) is 2.03. The van der Waals surface area contributed by atoms with Crippen molar-refractivity contribution in [3.63, 3.8) is 0 Å². The van der Waals surface area contributed by atoms with Crippen molar-refractivity contribution in [3.05, 3.63) is 29.8 Å². The van der Waals surface area contributed by atoms with Crippen LogP contribution in [0.25, 0.3) is 0 Å². The van der Waals surface area contributed by atoms with Crippen LogP contribution in [-0.4, -0.2) is 26.2 Å². The lowest BCUT2D eigenvalue weighted by atomic mass is 10.3. The maximum Gasteiger partial charge on any atom is 0.321 e. The van der Waals surface area contributed by atoms with E-state index in [1.165, 1.54) is 0 Å². The molecule has 4 nitrogen and oxygen atoms in total. The minimum Gasteiger partial charge on any atom is -0.462 e. The highest BCUT2D eigenvalue weighted by molar-refractivity contribution is 7.92.